The summed E-state index contributed by atoms with van der Waals surface area (Å²) in [5.41, 5.74) is 1.19. The van der Waals surface area contributed by atoms with Crippen LogP contribution in [0.25, 0.3) is 0 Å². The molecule has 0 radical (unpaired) electrons. The maximum absolute atomic E-state index is 12.2. The average molecular weight is 347 g/mol. The van der Waals surface area contributed by atoms with E-state index in [-0.39, 0.29) is 12.4 Å². The topological polar surface area (TPSA) is 58.2 Å². The molecule has 2 N–H and O–H groups in total. The molecule has 2 atom stereocenters. The molecule has 4 nitrogen and oxygen atoms in total. The van der Waals surface area contributed by atoms with Crippen molar-refractivity contribution in [3.63, 3.8) is 0 Å². The van der Waals surface area contributed by atoms with Gasteiger partial charge >= 0.3 is 0 Å². The van der Waals surface area contributed by atoms with Crippen molar-refractivity contribution < 1.29 is 8.42 Å². The van der Waals surface area contributed by atoms with Crippen LogP contribution in [0.15, 0.2) is 29.2 Å². The third-order valence-electron chi connectivity index (χ3n) is 4.38. The van der Waals surface area contributed by atoms with E-state index >= 15 is 0 Å². The zero-order valence-electron chi connectivity index (χ0n) is 13.3. The van der Waals surface area contributed by atoms with Gasteiger partial charge in [0.25, 0.3) is 0 Å². The number of nitrogens with one attached hydrogen (secondary N) is 2. The summed E-state index contributed by atoms with van der Waals surface area (Å²) >= 11 is 0. The van der Waals surface area contributed by atoms with Gasteiger partial charge in [0.15, 0.2) is 0 Å². The van der Waals surface area contributed by atoms with Gasteiger partial charge in [0.05, 0.1) is 4.90 Å². The van der Waals surface area contributed by atoms with Gasteiger partial charge < -0.3 is 5.32 Å². The minimum Gasteiger partial charge on any atom is -0.316 e. The van der Waals surface area contributed by atoms with Crippen LogP contribution in [0.1, 0.15) is 44.6 Å². The summed E-state index contributed by atoms with van der Waals surface area (Å²) in [7, 11) is -3.37. The molecule has 0 aromatic heterocycles. The molecule has 2 unspecified atom stereocenters. The van der Waals surface area contributed by atoms with Crippen molar-refractivity contribution >= 4 is 22.4 Å². The summed E-state index contributed by atoms with van der Waals surface area (Å²) in [6.07, 6.45) is 3.10. The van der Waals surface area contributed by atoms with E-state index in [1.54, 1.807) is 12.1 Å². The van der Waals surface area contributed by atoms with Crippen LogP contribution in [0.5, 0.6) is 0 Å². The molecule has 1 saturated heterocycles. The number of benzene rings is 1. The summed E-state index contributed by atoms with van der Waals surface area (Å²) in [5.74, 6) is 1.06. The maximum atomic E-state index is 12.2. The highest BCUT2D eigenvalue weighted by Gasteiger charge is 2.17. The van der Waals surface area contributed by atoms with E-state index < -0.39 is 10.0 Å². The second-order valence-electron chi connectivity index (χ2n) is 5.92. The first-order valence-corrected chi connectivity index (χ1v) is 9.31. The second-order valence-corrected chi connectivity index (χ2v) is 7.69. The zero-order chi connectivity index (χ0) is 15.3. The van der Waals surface area contributed by atoms with E-state index in [4.69, 9.17) is 0 Å². The van der Waals surface area contributed by atoms with Crippen molar-refractivity contribution in [2.24, 2.45) is 5.92 Å². The number of hydrogen-bond acceptors (Lipinski definition) is 3. The lowest BCUT2D eigenvalue weighted by molar-refractivity contribution is 0.519. The Morgan fingerprint density at radius 2 is 2.00 bits per heavy atom. The Balaban J connectivity index is 0.00000242. The fourth-order valence-corrected chi connectivity index (χ4v) is 3.70. The molecule has 1 aromatic rings. The molecule has 0 spiro atoms. The van der Waals surface area contributed by atoms with E-state index in [1.807, 2.05) is 12.1 Å². The Labute approximate surface area is 140 Å². The van der Waals surface area contributed by atoms with Crippen LogP contribution in [-0.4, -0.2) is 28.1 Å². The standard InChI is InChI=1S/C16H26N2O2S.ClH/c1-3-13(2)15-4-6-16(7-5-15)21(19,20)18-11-9-14-8-10-17-12-14;/h4-7,13-14,17-18H,3,8-12H2,1-2H3;1H. The van der Waals surface area contributed by atoms with Crippen LogP contribution in [0.2, 0.25) is 0 Å². The van der Waals surface area contributed by atoms with E-state index in [2.05, 4.69) is 23.9 Å². The third kappa shape index (κ3) is 5.23. The fourth-order valence-electron chi connectivity index (χ4n) is 2.65. The molecular weight excluding hydrogens is 320 g/mol. The second kappa shape index (κ2) is 8.87. The van der Waals surface area contributed by atoms with Crippen LogP contribution in [0, 0.1) is 5.92 Å². The van der Waals surface area contributed by atoms with Crippen LogP contribution in [0.4, 0.5) is 0 Å². The van der Waals surface area contributed by atoms with Gasteiger partial charge in [0.2, 0.25) is 10.0 Å². The largest absolute Gasteiger partial charge is 0.316 e. The zero-order valence-corrected chi connectivity index (χ0v) is 15.0. The van der Waals surface area contributed by atoms with E-state index in [0.717, 1.165) is 32.4 Å². The highest BCUT2D eigenvalue weighted by Crippen LogP contribution is 2.20. The predicted molar refractivity (Wildman–Crippen MR) is 93.2 cm³/mol. The van der Waals surface area contributed by atoms with Crippen molar-refractivity contribution in [2.45, 2.75) is 43.9 Å². The minimum absolute atomic E-state index is 0. The van der Waals surface area contributed by atoms with Gasteiger partial charge in [-0.25, -0.2) is 13.1 Å². The summed E-state index contributed by atoms with van der Waals surface area (Å²) < 4.78 is 27.2. The summed E-state index contributed by atoms with van der Waals surface area (Å²) in [4.78, 5) is 0.360. The first-order chi connectivity index (χ1) is 10.0. The third-order valence-corrected chi connectivity index (χ3v) is 5.86. The quantitative estimate of drug-likeness (QED) is 0.798. The van der Waals surface area contributed by atoms with Gasteiger partial charge in [-0.3, -0.25) is 0 Å². The van der Waals surface area contributed by atoms with E-state index in [9.17, 15) is 8.42 Å². The number of rotatable bonds is 7. The lowest BCUT2D eigenvalue weighted by atomic mass is 9.99. The molecule has 126 valence electrons. The monoisotopic (exact) mass is 346 g/mol. The molecule has 1 fully saturated rings. The minimum atomic E-state index is -3.37. The molecule has 0 aliphatic carbocycles. The highest BCUT2D eigenvalue weighted by atomic mass is 35.5. The Morgan fingerprint density at radius 1 is 1.32 bits per heavy atom. The van der Waals surface area contributed by atoms with Crippen molar-refractivity contribution in [3.8, 4) is 0 Å². The van der Waals surface area contributed by atoms with Crippen molar-refractivity contribution in [3.05, 3.63) is 29.8 Å². The molecule has 0 amide bonds. The van der Waals surface area contributed by atoms with E-state index in [1.165, 1.54) is 5.56 Å². The molecule has 0 saturated carbocycles. The van der Waals surface area contributed by atoms with Gasteiger partial charge in [-0.2, -0.15) is 0 Å². The molecular formula is C16H27ClN2O2S. The van der Waals surface area contributed by atoms with Crippen LogP contribution < -0.4 is 10.0 Å². The van der Waals surface area contributed by atoms with Crippen LogP contribution in [-0.2, 0) is 10.0 Å². The molecule has 1 aromatic carbocycles. The van der Waals surface area contributed by atoms with Crippen LogP contribution >= 0.6 is 12.4 Å². The van der Waals surface area contributed by atoms with E-state index in [0.29, 0.717) is 23.3 Å². The molecule has 0 bridgehead atoms. The first-order valence-electron chi connectivity index (χ1n) is 7.83. The summed E-state index contributed by atoms with van der Waals surface area (Å²) in [6.45, 7) is 6.85. The lowest BCUT2D eigenvalue weighted by Gasteiger charge is -2.12. The first kappa shape index (κ1) is 19.4. The highest BCUT2D eigenvalue weighted by molar-refractivity contribution is 7.89. The normalized spacial score (nSPS) is 19.6. The molecule has 6 heteroatoms. The number of hydrogen-bond donors (Lipinski definition) is 2. The molecule has 2 rings (SSSR count). The Morgan fingerprint density at radius 3 is 2.55 bits per heavy atom. The molecule has 1 aliphatic rings. The summed E-state index contributed by atoms with van der Waals surface area (Å²) in [6, 6.07) is 7.26. The summed E-state index contributed by atoms with van der Waals surface area (Å²) in [5, 5.41) is 3.30. The SMILES string of the molecule is CCC(C)c1ccc(S(=O)(=O)NCCC2CCNC2)cc1.Cl. The maximum Gasteiger partial charge on any atom is 0.240 e. The number of sulfonamides is 1. The van der Waals surface area contributed by atoms with Gasteiger partial charge in [-0.05, 0) is 61.9 Å². The molecule has 1 aliphatic heterocycles. The predicted octanol–water partition coefficient (Wildman–Crippen LogP) is 2.90. The Hall–Kier alpha value is -0.620. The average Bonchev–Trinajstić information content (AvgIpc) is 2.99. The molecule has 1 heterocycles. The Kier molecular flexibility index (Phi) is 7.83. The molecule has 22 heavy (non-hydrogen) atoms. The van der Waals surface area contributed by atoms with Gasteiger partial charge in [0.1, 0.15) is 0 Å². The van der Waals surface area contributed by atoms with Crippen molar-refractivity contribution in [1.82, 2.24) is 10.0 Å². The van der Waals surface area contributed by atoms with Crippen molar-refractivity contribution in [1.29, 1.82) is 0 Å². The van der Waals surface area contributed by atoms with Gasteiger partial charge in [-0.15, -0.1) is 12.4 Å². The van der Waals surface area contributed by atoms with Crippen molar-refractivity contribution in [2.75, 3.05) is 19.6 Å². The Bertz CT molecular complexity index is 540. The number of halogens is 1. The van der Waals surface area contributed by atoms with Crippen LogP contribution in [0.3, 0.4) is 0 Å². The van der Waals surface area contributed by atoms with Gasteiger partial charge in [0, 0.05) is 6.54 Å². The fraction of sp³-hybridized carbons (Fsp3) is 0.625. The van der Waals surface area contributed by atoms with Gasteiger partial charge in [-0.1, -0.05) is 26.0 Å². The lowest BCUT2D eigenvalue weighted by Crippen LogP contribution is -2.26. The smallest absolute Gasteiger partial charge is 0.240 e.